The van der Waals surface area contributed by atoms with Gasteiger partial charge in [-0.1, -0.05) is 47.5 Å². The number of benzene rings is 3. The number of hydrogen-bond donors (Lipinski definition) is 2. The predicted octanol–water partition coefficient (Wildman–Crippen LogP) is 3.84. The third kappa shape index (κ3) is 7.58. The molecule has 264 valence electrons. The van der Waals surface area contributed by atoms with Gasteiger partial charge < -0.3 is 14.5 Å². The van der Waals surface area contributed by atoms with Crippen LogP contribution in [0.2, 0.25) is 10.0 Å². The standard InChI is InChI=1S/C34H41Cl2FN6O5S/c1-6-48-28-20-27(37)29(49(46,47)41(4)5)19-26(28)34(33(45)43-17-15-42(16-18-43)21-30(44)40(2)3)38-31(22-7-11-24(35)12-8-22)32(39-34)23-9-13-25(36)14-10-23/h7-14,19-20,31-32,38-39H,6,15-18,21H2,1-5H3. The van der Waals surface area contributed by atoms with Crippen LogP contribution in [0.3, 0.4) is 0 Å². The lowest BCUT2D eigenvalue weighted by molar-refractivity contribution is -0.142. The first-order valence-electron chi connectivity index (χ1n) is 15.9. The highest BCUT2D eigenvalue weighted by Crippen LogP contribution is 2.45. The number of hydrogen-bond acceptors (Lipinski definition) is 8. The van der Waals surface area contributed by atoms with E-state index in [2.05, 4.69) is 10.6 Å². The summed E-state index contributed by atoms with van der Waals surface area (Å²) in [6, 6.07) is 15.5. The fraction of sp³-hybridized carbons (Fsp3) is 0.412. The summed E-state index contributed by atoms with van der Waals surface area (Å²) in [5.74, 6) is -1.46. The Hall–Kier alpha value is -3.30. The summed E-state index contributed by atoms with van der Waals surface area (Å²) >= 11 is 12.5. The van der Waals surface area contributed by atoms with Crippen LogP contribution in [0.4, 0.5) is 4.39 Å². The molecule has 2 atom stereocenters. The van der Waals surface area contributed by atoms with Crippen molar-refractivity contribution in [3.63, 3.8) is 0 Å². The average molecular weight is 736 g/mol. The van der Waals surface area contributed by atoms with Crippen molar-refractivity contribution >= 4 is 45.0 Å². The van der Waals surface area contributed by atoms with Crippen molar-refractivity contribution < 1.29 is 27.1 Å². The van der Waals surface area contributed by atoms with E-state index in [4.69, 9.17) is 27.9 Å². The molecule has 2 saturated heterocycles. The molecule has 15 heteroatoms. The molecule has 0 aliphatic carbocycles. The quantitative estimate of drug-likeness (QED) is 0.323. The van der Waals surface area contributed by atoms with Crippen molar-refractivity contribution in [2.45, 2.75) is 29.6 Å². The Morgan fingerprint density at radius 2 is 1.41 bits per heavy atom. The van der Waals surface area contributed by atoms with Crippen LogP contribution in [-0.4, -0.2) is 107 Å². The van der Waals surface area contributed by atoms with Gasteiger partial charge in [0.15, 0.2) is 5.66 Å². The van der Waals surface area contributed by atoms with Crippen LogP contribution >= 0.6 is 23.2 Å². The van der Waals surface area contributed by atoms with Gasteiger partial charge in [-0.05, 0) is 48.4 Å². The first-order chi connectivity index (χ1) is 23.2. The smallest absolute Gasteiger partial charge is 0.262 e. The minimum Gasteiger partial charge on any atom is -0.493 e. The molecule has 0 radical (unpaired) electrons. The van der Waals surface area contributed by atoms with E-state index in [-0.39, 0.29) is 43.5 Å². The molecule has 0 spiro atoms. The summed E-state index contributed by atoms with van der Waals surface area (Å²) < 4.78 is 49.3. The number of carbonyl (C=O) groups excluding carboxylic acids is 2. The molecule has 3 aromatic carbocycles. The van der Waals surface area contributed by atoms with Crippen molar-refractivity contribution in [2.24, 2.45) is 0 Å². The van der Waals surface area contributed by atoms with Gasteiger partial charge in [-0.25, -0.2) is 17.1 Å². The van der Waals surface area contributed by atoms with Gasteiger partial charge in [-0.3, -0.25) is 25.1 Å². The Balaban J connectivity index is 1.69. The molecule has 2 heterocycles. The molecule has 2 N–H and O–H groups in total. The fourth-order valence-corrected chi connectivity index (χ4v) is 7.35. The summed E-state index contributed by atoms with van der Waals surface area (Å²) in [7, 11) is 1.73. The number of nitrogens with one attached hydrogen (secondary N) is 2. The van der Waals surface area contributed by atoms with Gasteiger partial charge in [0.1, 0.15) is 16.5 Å². The topological polar surface area (TPSA) is 115 Å². The molecule has 49 heavy (non-hydrogen) atoms. The minimum atomic E-state index is -4.29. The molecular formula is C34H41Cl2FN6O5S. The van der Waals surface area contributed by atoms with E-state index >= 15 is 9.18 Å². The van der Waals surface area contributed by atoms with Gasteiger partial charge in [0.25, 0.3) is 5.91 Å². The van der Waals surface area contributed by atoms with Gasteiger partial charge in [0.2, 0.25) is 15.9 Å². The molecule has 2 fully saturated rings. The van der Waals surface area contributed by atoms with Crippen molar-refractivity contribution in [2.75, 3.05) is 67.5 Å². The zero-order valence-electron chi connectivity index (χ0n) is 28.0. The molecule has 2 aliphatic rings. The lowest BCUT2D eigenvalue weighted by Crippen LogP contribution is -2.62. The average Bonchev–Trinajstić information content (AvgIpc) is 3.47. The highest BCUT2D eigenvalue weighted by molar-refractivity contribution is 7.89. The molecule has 11 nitrogen and oxygen atoms in total. The van der Waals surface area contributed by atoms with E-state index in [9.17, 15) is 13.2 Å². The molecule has 2 amide bonds. The van der Waals surface area contributed by atoms with E-state index in [1.54, 1.807) is 50.2 Å². The zero-order valence-corrected chi connectivity index (χ0v) is 30.4. The second-order valence-electron chi connectivity index (χ2n) is 12.5. The van der Waals surface area contributed by atoms with Crippen molar-refractivity contribution in [1.29, 1.82) is 0 Å². The number of rotatable bonds is 10. The van der Waals surface area contributed by atoms with Crippen LogP contribution in [0.15, 0.2) is 65.6 Å². The molecule has 2 unspecified atom stereocenters. The SMILES string of the molecule is CCOc1cc(F)c(S(=O)(=O)N(C)C)cc1C1(C(=O)N2CCN(CC(=O)N(C)C)CC2)NC(c2ccc(Cl)cc2)C(c2ccc(Cl)cc2)N1. The first-order valence-corrected chi connectivity index (χ1v) is 18.0. The van der Waals surface area contributed by atoms with E-state index in [1.807, 2.05) is 29.2 Å². The van der Waals surface area contributed by atoms with Crippen molar-refractivity contribution in [1.82, 2.24) is 29.6 Å². The number of sulfonamides is 1. The second kappa shape index (κ2) is 14.9. The largest absolute Gasteiger partial charge is 0.493 e. The van der Waals surface area contributed by atoms with Crippen LogP contribution in [0.5, 0.6) is 5.75 Å². The lowest BCUT2D eigenvalue weighted by atomic mass is 9.95. The summed E-state index contributed by atoms with van der Waals surface area (Å²) in [5, 5.41) is 8.13. The maximum atomic E-state index is 15.7. The van der Waals surface area contributed by atoms with E-state index in [1.165, 1.54) is 25.1 Å². The number of carbonyl (C=O) groups is 2. The highest BCUT2D eigenvalue weighted by Gasteiger charge is 2.55. The van der Waals surface area contributed by atoms with Crippen LogP contribution in [0.25, 0.3) is 0 Å². The molecular weight excluding hydrogens is 694 g/mol. The van der Waals surface area contributed by atoms with Gasteiger partial charge in [0.05, 0.1) is 25.2 Å². The second-order valence-corrected chi connectivity index (χ2v) is 15.4. The Morgan fingerprint density at radius 3 is 1.86 bits per heavy atom. The number of halogens is 3. The summed E-state index contributed by atoms with van der Waals surface area (Å²) in [6.07, 6.45) is 0. The van der Waals surface area contributed by atoms with Crippen LogP contribution in [-0.2, 0) is 25.3 Å². The van der Waals surface area contributed by atoms with Crippen LogP contribution in [0.1, 0.15) is 35.7 Å². The van der Waals surface area contributed by atoms with E-state index < -0.39 is 44.4 Å². The molecule has 2 aliphatic heterocycles. The summed E-state index contributed by atoms with van der Waals surface area (Å²) in [6.45, 7) is 3.50. The van der Waals surface area contributed by atoms with E-state index in [0.717, 1.165) is 21.5 Å². The molecule has 0 saturated carbocycles. The third-order valence-electron chi connectivity index (χ3n) is 8.87. The number of likely N-dealkylation sites (N-methyl/N-ethyl adjacent to an activating group) is 1. The third-order valence-corrected chi connectivity index (χ3v) is 11.2. The van der Waals surface area contributed by atoms with Crippen LogP contribution in [0, 0.1) is 5.82 Å². The van der Waals surface area contributed by atoms with Crippen molar-refractivity contribution in [3.8, 4) is 5.75 Å². The first kappa shape index (κ1) is 37.0. The van der Waals surface area contributed by atoms with Gasteiger partial charge >= 0.3 is 0 Å². The Morgan fingerprint density at radius 1 is 0.898 bits per heavy atom. The lowest BCUT2D eigenvalue weighted by Gasteiger charge is -2.40. The normalized spacial score (nSPS) is 21.6. The fourth-order valence-electron chi connectivity index (χ4n) is 6.14. The Kier molecular flexibility index (Phi) is 11.2. The maximum absolute atomic E-state index is 15.7. The summed E-state index contributed by atoms with van der Waals surface area (Å²) in [4.78, 5) is 32.1. The maximum Gasteiger partial charge on any atom is 0.262 e. The predicted molar refractivity (Wildman–Crippen MR) is 186 cm³/mol. The minimum absolute atomic E-state index is 0.00730. The van der Waals surface area contributed by atoms with E-state index in [0.29, 0.717) is 23.1 Å². The number of ether oxygens (including phenoxy) is 1. The monoisotopic (exact) mass is 734 g/mol. The highest BCUT2D eigenvalue weighted by atomic mass is 35.5. The van der Waals surface area contributed by atoms with Gasteiger partial charge in [-0.15, -0.1) is 0 Å². The van der Waals surface area contributed by atoms with Crippen molar-refractivity contribution in [3.05, 3.63) is 93.2 Å². The summed E-state index contributed by atoms with van der Waals surface area (Å²) in [5.41, 5.74) is -0.105. The Bertz CT molecular complexity index is 1730. The zero-order chi connectivity index (χ0) is 35.7. The number of nitrogens with zero attached hydrogens (tertiary/aromatic N) is 4. The van der Waals surface area contributed by atoms with Gasteiger partial charge in [-0.2, -0.15) is 0 Å². The Labute approximate surface area is 296 Å². The number of amides is 2. The molecule has 3 aromatic rings. The molecule has 5 rings (SSSR count). The van der Waals surface area contributed by atoms with Gasteiger partial charge in [0, 0.05) is 76.0 Å². The number of piperazine rings is 1. The molecule has 0 aromatic heterocycles. The molecule has 0 bridgehead atoms. The van der Waals surface area contributed by atoms with Crippen LogP contribution < -0.4 is 15.4 Å².